The zero-order valence-electron chi connectivity index (χ0n) is 12.3. The molecule has 0 amide bonds. The van der Waals surface area contributed by atoms with Gasteiger partial charge in [-0.3, -0.25) is 4.68 Å². The third-order valence-corrected chi connectivity index (χ3v) is 3.79. The lowest BCUT2D eigenvalue weighted by molar-refractivity contribution is 0.264. The van der Waals surface area contributed by atoms with Crippen molar-refractivity contribution in [3.63, 3.8) is 0 Å². The van der Waals surface area contributed by atoms with Crippen LogP contribution < -0.4 is 10.1 Å². The fourth-order valence-electron chi connectivity index (χ4n) is 2.29. The Morgan fingerprint density at radius 1 is 1.45 bits per heavy atom. The van der Waals surface area contributed by atoms with Crippen molar-refractivity contribution in [3.05, 3.63) is 35.0 Å². The second kappa shape index (κ2) is 5.32. The van der Waals surface area contributed by atoms with Crippen molar-refractivity contribution in [2.75, 3.05) is 0 Å². The van der Waals surface area contributed by atoms with Crippen molar-refractivity contribution in [2.45, 2.75) is 45.9 Å². The van der Waals surface area contributed by atoms with E-state index in [2.05, 4.69) is 10.4 Å². The van der Waals surface area contributed by atoms with Crippen LogP contribution in [0.1, 0.15) is 35.6 Å². The quantitative estimate of drug-likeness (QED) is 0.880. The minimum absolute atomic E-state index is 0.446. The number of aryl methyl sites for hydroxylation is 2. The summed E-state index contributed by atoms with van der Waals surface area (Å²) >= 11 is 0. The van der Waals surface area contributed by atoms with E-state index in [-0.39, 0.29) is 0 Å². The summed E-state index contributed by atoms with van der Waals surface area (Å²) in [6.45, 7) is 5.26. The van der Waals surface area contributed by atoms with Gasteiger partial charge in [-0.05, 0) is 32.8 Å². The topological polar surface area (TPSA) is 52.2 Å². The molecule has 0 aliphatic heterocycles. The van der Waals surface area contributed by atoms with Crippen LogP contribution in [0.4, 0.5) is 0 Å². The van der Waals surface area contributed by atoms with Gasteiger partial charge < -0.3 is 14.5 Å². The van der Waals surface area contributed by atoms with E-state index in [9.17, 15) is 0 Å². The van der Waals surface area contributed by atoms with Gasteiger partial charge in [0.15, 0.2) is 5.75 Å². The first-order valence-corrected chi connectivity index (χ1v) is 7.06. The minimum Gasteiger partial charge on any atom is -0.482 e. The first-order valence-electron chi connectivity index (χ1n) is 7.06. The summed E-state index contributed by atoms with van der Waals surface area (Å²) < 4.78 is 13.3. The number of hydrogen-bond acceptors (Lipinski definition) is 4. The number of furan rings is 1. The number of rotatable bonds is 6. The van der Waals surface area contributed by atoms with Crippen LogP contribution in [-0.4, -0.2) is 15.8 Å². The van der Waals surface area contributed by atoms with E-state index in [0.717, 1.165) is 29.4 Å². The van der Waals surface area contributed by atoms with Crippen molar-refractivity contribution in [2.24, 2.45) is 7.05 Å². The molecule has 20 heavy (non-hydrogen) atoms. The molecule has 5 heteroatoms. The van der Waals surface area contributed by atoms with Gasteiger partial charge >= 0.3 is 0 Å². The van der Waals surface area contributed by atoms with Gasteiger partial charge in [-0.1, -0.05) is 0 Å². The molecular formula is C15H21N3O2. The molecule has 0 saturated heterocycles. The SMILES string of the molecule is Cc1nn(C)c(C)c1OCc1occc1CNC1CC1. The lowest BCUT2D eigenvalue weighted by Gasteiger charge is -2.07. The minimum atomic E-state index is 0.446. The van der Waals surface area contributed by atoms with E-state index in [1.807, 2.05) is 31.6 Å². The van der Waals surface area contributed by atoms with E-state index in [1.165, 1.54) is 18.4 Å². The van der Waals surface area contributed by atoms with E-state index in [4.69, 9.17) is 9.15 Å². The van der Waals surface area contributed by atoms with Gasteiger partial charge in [-0.2, -0.15) is 5.10 Å². The largest absolute Gasteiger partial charge is 0.482 e. The van der Waals surface area contributed by atoms with Gasteiger partial charge in [0, 0.05) is 25.2 Å². The van der Waals surface area contributed by atoms with Crippen LogP contribution in [0, 0.1) is 13.8 Å². The van der Waals surface area contributed by atoms with Crippen LogP contribution in [0.2, 0.25) is 0 Å². The average molecular weight is 275 g/mol. The van der Waals surface area contributed by atoms with Gasteiger partial charge in [-0.15, -0.1) is 0 Å². The molecule has 0 unspecified atom stereocenters. The van der Waals surface area contributed by atoms with E-state index in [1.54, 1.807) is 6.26 Å². The van der Waals surface area contributed by atoms with Gasteiger partial charge in [0.25, 0.3) is 0 Å². The number of nitrogens with one attached hydrogen (secondary N) is 1. The first-order chi connectivity index (χ1) is 9.65. The summed E-state index contributed by atoms with van der Waals surface area (Å²) in [5, 5.41) is 7.84. The first kappa shape index (κ1) is 13.2. The highest BCUT2D eigenvalue weighted by Crippen LogP contribution is 2.24. The average Bonchev–Trinajstić information content (AvgIpc) is 3.09. The second-order valence-electron chi connectivity index (χ2n) is 5.44. The predicted octanol–water partition coefficient (Wildman–Crippen LogP) is 2.46. The van der Waals surface area contributed by atoms with Crippen molar-refractivity contribution in [3.8, 4) is 5.75 Å². The molecule has 0 radical (unpaired) electrons. The van der Waals surface area contributed by atoms with Gasteiger partial charge in [0.05, 0.1) is 12.0 Å². The molecular weight excluding hydrogens is 254 g/mol. The zero-order valence-corrected chi connectivity index (χ0v) is 12.3. The molecule has 2 aromatic rings. The highest BCUT2D eigenvalue weighted by atomic mass is 16.5. The van der Waals surface area contributed by atoms with Crippen LogP contribution in [0.25, 0.3) is 0 Å². The zero-order chi connectivity index (χ0) is 14.1. The molecule has 0 spiro atoms. The van der Waals surface area contributed by atoms with Crippen LogP contribution in [-0.2, 0) is 20.2 Å². The molecule has 0 bridgehead atoms. The Balaban J connectivity index is 1.64. The van der Waals surface area contributed by atoms with E-state index < -0.39 is 0 Å². The molecule has 1 aliphatic rings. The number of hydrogen-bond donors (Lipinski definition) is 1. The van der Waals surface area contributed by atoms with Crippen LogP contribution in [0.3, 0.4) is 0 Å². The van der Waals surface area contributed by atoms with Crippen molar-refractivity contribution in [1.82, 2.24) is 15.1 Å². The molecule has 108 valence electrons. The Morgan fingerprint density at radius 2 is 2.25 bits per heavy atom. The summed E-state index contributed by atoms with van der Waals surface area (Å²) in [6.07, 6.45) is 4.31. The second-order valence-corrected chi connectivity index (χ2v) is 5.44. The molecule has 1 fully saturated rings. The van der Waals surface area contributed by atoms with Gasteiger partial charge in [0.2, 0.25) is 0 Å². The third kappa shape index (κ3) is 2.72. The predicted molar refractivity (Wildman–Crippen MR) is 75.6 cm³/mol. The van der Waals surface area contributed by atoms with Gasteiger partial charge in [0.1, 0.15) is 18.1 Å². The highest BCUT2D eigenvalue weighted by molar-refractivity contribution is 5.32. The number of aromatic nitrogens is 2. The molecule has 2 heterocycles. The Hall–Kier alpha value is -1.75. The Labute approximate surface area is 118 Å². The normalized spacial score (nSPS) is 14.8. The van der Waals surface area contributed by atoms with Crippen molar-refractivity contribution in [1.29, 1.82) is 0 Å². The molecule has 0 aromatic carbocycles. The van der Waals surface area contributed by atoms with E-state index in [0.29, 0.717) is 12.6 Å². The van der Waals surface area contributed by atoms with E-state index >= 15 is 0 Å². The molecule has 1 saturated carbocycles. The Bertz CT molecular complexity index is 596. The molecule has 1 N–H and O–H groups in total. The third-order valence-electron chi connectivity index (χ3n) is 3.79. The fourth-order valence-corrected chi connectivity index (χ4v) is 2.29. The van der Waals surface area contributed by atoms with Gasteiger partial charge in [-0.25, -0.2) is 0 Å². The van der Waals surface area contributed by atoms with Crippen molar-refractivity contribution < 1.29 is 9.15 Å². The maximum Gasteiger partial charge on any atom is 0.163 e. The number of ether oxygens (including phenoxy) is 1. The summed E-state index contributed by atoms with van der Waals surface area (Å²) in [6, 6.07) is 2.71. The molecule has 3 rings (SSSR count). The molecule has 0 atom stereocenters. The maximum atomic E-state index is 5.89. The number of nitrogens with zero attached hydrogens (tertiary/aromatic N) is 2. The fraction of sp³-hybridized carbons (Fsp3) is 0.533. The highest BCUT2D eigenvalue weighted by Gasteiger charge is 2.21. The van der Waals surface area contributed by atoms with Crippen molar-refractivity contribution >= 4 is 0 Å². The summed E-state index contributed by atoms with van der Waals surface area (Å²) in [5.74, 6) is 1.74. The monoisotopic (exact) mass is 275 g/mol. The smallest absolute Gasteiger partial charge is 0.163 e. The summed E-state index contributed by atoms with van der Waals surface area (Å²) in [5.41, 5.74) is 3.12. The molecule has 1 aliphatic carbocycles. The summed E-state index contributed by atoms with van der Waals surface area (Å²) in [7, 11) is 1.92. The lowest BCUT2D eigenvalue weighted by Crippen LogP contribution is -2.16. The van der Waals surface area contributed by atoms with Crippen LogP contribution >= 0.6 is 0 Å². The molecule has 5 nitrogen and oxygen atoms in total. The van der Waals surface area contributed by atoms with Crippen LogP contribution in [0.15, 0.2) is 16.7 Å². The lowest BCUT2D eigenvalue weighted by atomic mass is 10.2. The summed E-state index contributed by atoms with van der Waals surface area (Å²) in [4.78, 5) is 0. The Kier molecular flexibility index (Phi) is 3.53. The Morgan fingerprint density at radius 3 is 2.90 bits per heavy atom. The molecule has 2 aromatic heterocycles. The maximum absolute atomic E-state index is 5.89. The van der Waals surface area contributed by atoms with Crippen LogP contribution in [0.5, 0.6) is 5.75 Å². The standard InChI is InChI=1S/C15H21N3O2/c1-10-15(11(2)18(3)17-10)20-9-14-12(6-7-19-14)8-16-13-4-5-13/h6-7,13,16H,4-5,8-9H2,1-3H3.